The molecule has 4 aliphatic carbocycles. The topological polar surface area (TPSA) is 220 Å². The fourth-order valence-electron chi connectivity index (χ4n) is 16.0. The van der Waals surface area contributed by atoms with Gasteiger partial charge in [-0.05, 0) is 205 Å². The SMILES string of the molecule is Cc1ccc(-c2ccn(-c3ccc4c5c(oc4c3)CCCCC5)c(=O)c2)nc1.O=c1cc(OCc2ccc(Cl)cn2)ccn1-c1ccc2c3c(oc2c1)CCCCC3.O=c1cc(OCc2ccc(F)cn2)ccn1-c1ccc2c3c(oc2c1)CCCCC3.O=c1cc(OCc2ccc(F)cn2)ccn1-c1ccc2c3c(oc2c1)CCCCC3. The van der Waals surface area contributed by atoms with E-state index in [9.17, 15) is 28.0 Å². The highest BCUT2D eigenvalue weighted by Crippen LogP contribution is 2.38. The summed E-state index contributed by atoms with van der Waals surface area (Å²) in [6, 6.07) is 50.4. The van der Waals surface area contributed by atoms with Gasteiger partial charge in [0.15, 0.2) is 0 Å². The van der Waals surface area contributed by atoms with Crippen LogP contribution < -0.4 is 36.4 Å². The van der Waals surface area contributed by atoms with Crippen LogP contribution >= 0.6 is 11.6 Å². The molecule has 118 heavy (non-hydrogen) atoms. The first-order valence-corrected chi connectivity index (χ1v) is 40.8. The maximum atomic E-state index is 12.9. The molecule has 0 amide bonds. The first-order valence-electron chi connectivity index (χ1n) is 40.4. The lowest BCUT2D eigenvalue weighted by Gasteiger charge is -2.09. The van der Waals surface area contributed by atoms with Crippen LogP contribution in [0.1, 0.15) is 145 Å². The van der Waals surface area contributed by atoms with Crippen LogP contribution in [0.3, 0.4) is 0 Å². The van der Waals surface area contributed by atoms with Gasteiger partial charge in [0, 0.05) is 161 Å². The van der Waals surface area contributed by atoms with Crippen LogP contribution in [0.5, 0.6) is 17.2 Å². The second-order valence-electron chi connectivity index (χ2n) is 30.3. The highest BCUT2D eigenvalue weighted by atomic mass is 35.5. The molecule has 0 spiro atoms. The summed E-state index contributed by atoms with van der Waals surface area (Å²) in [6.45, 7) is 2.59. The molecule has 0 bridgehead atoms. The molecule has 0 saturated heterocycles. The van der Waals surface area contributed by atoms with Crippen molar-refractivity contribution in [3.8, 4) is 51.3 Å². The lowest BCUT2D eigenvalue weighted by atomic mass is 10.1. The maximum Gasteiger partial charge on any atom is 0.258 e. The van der Waals surface area contributed by atoms with E-state index in [1.54, 1.807) is 91.6 Å². The van der Waals surface area contributed by atoms with Gasteiger partial charge in [-0.15, -0.1) is 0 Å². The van der Waals surface area contributed by atoms with Crippen molar-refractivity contribution < 1.29 is 40.7 Å². The molecule has 0 aliphatic heterocycles. The standard InChI is InChI=1S/C24H21ClN2O3.2C24H21FN2O3.C24H22N2O2/c3*25-16-6-7-17(26-14-16)15-29-19-10-11-27(24(28)13-19)18-8-9-21-20-4-2-1-3-5-22(20)30-23(21)12-18;1-16-7-10-21(25-15-16)17-11-12-26(24(27)13-17)18-8-9-20-19-5-3-2-4-6-22(19)28-23(20)14-18/h3*6-14H,1-5,15H2;7-15H,2-6H2,1H3. The predicted octanol–water partition coefficient (Wildman–Crippen LogP) is 20.6. The molecule has 596 valence electrons. The van der Waals surface area contributed by atoms with Gasteiger partial charge in [-0.1, -0.05) is 43.4 Å². The van der Waals surface area contributed by atoms with Gasteiger partial charge in [0.25, 0.3) is 22.2 Å². The molecule has 4 aliphatic rings. The van der Waals surface area contributed by atoms with Crippen LogP contribution in [0.4, 0.5) is 8.78 Å². The molecule has 19 nitrogen and oxygen atoms in total. The van der Waals surface area contributed by atoms with Crippen molar-refractivity contribution in [2.75, 3.05) is 0 Å². The third-order valence-corrected chi connectivity index (χ3v) is 22.4. The maximum absolute atomic E-state index is 12.9. The Bertz CT molecular complexity index is 6100. The number of halogens is 3. The normalized spacial score (nSPS) is 13.8. The molecular weight excluding hydrogens is 1510 g/mol. The third-order valence-electron chi connectivity index (χ3n) is 22.2. The minimum absolute atomic E-state index is 0.0765. The Morgan fingerprint density at radius 1 is 0.339 bits per heavy atom. The summed E-state index contributed by atoms with van der Waals surface area (Å²) in [5.74, 6) is 4.98. The molecule has 0 unspecified atom stereocenters. The minimum Gasteiger partial charge on any atom is -0.487 e. The smallest absolute Gasteiger partial charge is 0.258 e. The highest BCUT2D eigenvalue weighted by Gasteiger charge is 2.23. The summed E-state index contributed by atoms with van der Waals surface area (Å²) in [7, 11) is 0. The molecule has 22 heteroatoms. The summed E-state index contributed by atoms with van der Waals surface area (Å²) in [5.41, 5.74) is 15.8. The number of fused-ring (bicyclic) bond motifs is 12. The minimum atomic E-state index is -0.397. The van der Waals surface area contributed by atoms with Crippen molar-refractivity contribution in [1.29, 1.82) is 0 Å². The monoisotopic (exact) mass is 1600 g/mol. The number of pyridine rings is 8. The van der Waals surface area contributed by atoms with Crippen molar-refractivity contribution in [2.45, 2.75) is 155 Å². The molecular formula is C96H85ClF2N8O11. The number of nitrogens with zero attached hydrogens (tertiary/aromatic N) is 8. The molecule has 0 N–H and O–H groups in total. The highest BCUT2D eigenvalue weighted by molar-refractivity contribution is 6.30. The number of furan rings is 4. The Hall–Kier alpha value is -13.0. The van der Waals surface area contributed by atoms with E-state index in [1.165, 1.54) is 128 Å². The lowest BCUT2D eigenvalue weighted by Crippen LogP contribution is -2.16. The fraction of sp³-hybridized carbons (Fsp3) is 0.250. The van der Waals surface area contributed by atoms with Crippen LogP contribution in [-0.2, 0) is 71.2 Å². The van der Waals surface area contributed by atoms with Crippen LogP contribution in [0.15, 0.2) is 256 Å². The van der Waals surface area contributed by atoms with Gasteiger partial charge >= 0.3 is 0 Å². The van der Waals surface area contributed by atoms with Crippen LogP contribution in [0, 0.1) is 18.6 Å². The first-order chi connectivity index (χ1) is 57.7. The Kier molecular flexibility index (Phi) is 23.1. The number of rotatable bonds is 14. The summed E-state index contributed by atoms with van der Waals surface area (Å²) >= 11 is 5.84. The quantitative estimate of drug-likeness (QED) is 0.0924. The summed E-state index contributed by atoms with van der Waals surface area (Å²) in [4.78, 5) is 67.3. The molecule has 0 atom stereocenters. The van der Waals surface area contributed by atoms with Crippen LogP contribution in [0.2, 0.25) is 5.02 Å². The van der Waals surface area contributed by atoms with Crippen LogP contribution in [0.25, 0.3) is 77.9 Å². The van der Waals surface area contributed by atoms with Gasteiger partial charge in [-0.2, -0.15) is 0 Å². The zero-order valence-electron chi connectivity index (χ0n) is 65.3. The summed E-state index contributed by atoms with van der Waals surface area (Å²) in [6.07, 6.45) is 35.3. The second kappa shape index (κ2) is 35.2. The number of aromatic nitrogens is 8. The molecule has 4 aromatic carbocycles. The molecule has 12 aromatic heterocycles. The van der Waals surface area contributed by atoms with E-state index in [1.807, 2.05) is 86.0 Å². The zero-order valence-corrected chi connectivity index (χ0v) is 66.0. The first kappa shape index (κ1) is 77.6. The molecule has 0 saturated carbocycles. The van der Waals surface area contributed by atoms with Gasteiger partial charge < -0.3 is 31.9 Å². The second-order valence-corrected chi connectivity index (χ2v) is 30.7. The fourth-order valence-corrected chi connectivity index (χ4v) is 16.2. The van der Waals surface area contributed by atoms with Crippen LogP contribution in [-0.4, -0.2) is 38.2 Å². The number of ether oxygens (including phenoxy) is 3. The van der Waals surface area contributed by atoms with Gasteiger partial charge in [0.05, 0.1) is 62.9 Å². The third kappa shape index (κ3) is 17.7. The van der Waals surface area contributed by atoms with E-state index in [0.29, 0.717) is 33.7 Å². The Morgan fingerprint density at radius 2 is 0.669 bits per heavy atom. The molecule has 12 heterocycles. The number of hydrogen-bond acceptors (Lipinski definition) is 15. The average Bonchev–Trinajstić information content (AvgIpc) is 1.62. The van der Waals surface area contributed by atoms with E-state index in [4.69, 9.17) is 43.5 Å². The number of benzene rings is 4. The molecule has 16 aromatic rings. The van der Waals surface area contributed by atoms with E-state index in [0.717, 1.165) is 178 Å². The number of hydrogen-bond donors (Lipinski definition) is 0. The van der Waals surface area contributed by atoms with Crippen molar-refractivity contribution in [3.63, 3.8) is 0 Å². The van der Waals surface area contributed by atoms with E-state index < -0.39 is 11.6 Å². The van der Waals surface area contributed by atoms with E-state index in [-0.39, 0.29) is 42.1 Å². The van der Waals surface area contributed by atoms with Crippen molar-refractivity contribution in [2.24, 2.45) is 0 Å². The van der Waals surface area contributed by atoms with Gasteiger partial charge in [-0.3, -0.25) is 57.4 Å². The average molecular weight is 1600 g/mol. The van der Waals surface area contributed by atoms with Crippen molar-refractivity contribution >= 4 is 55.5 Å². The Balaban J connectivity index is 0.000000113. The molecule has 0 radical (unpaired) electrons. The molecule has 20 rings (SSSR count). The van der Waals surface area contributed by atoms with Crippen molar-refractivity contribution in [1.82, 2.24) is 38.2 Å². The molecule has 0 fully saturated rings. The zero-order chi connectivity index (χ0) is 80.6. The lowest BCUT2D eigenvalue weighted by molar-refractivity contribution is 0.300. The summed E-state index contributed by atoms with van der Waals surface area (Å²) in [5, 5.41) is 5.23. The van der Waals surface area contributed by atoms with Gasteiger partial charge in [0.1, 0.15) is 94.1 Å². The Labute approximate surface area is 682 Å². The van der Waals surface area contributed by atoms with E-state index in [2.05, 4.69) is 44.2 Å². The van der Waals surface area contributed by atoms with Gasteiger partial charge in [0.2, 0.25) is 0 Å². The van der Waals surface area contributed by atoms with Gasteiger partial charge in [-0.25, -0.2) is 8.78 Å². The van der Waals surface area contributed by atoms with Crippen molar-refractivity contribution in [3.05, 3.63) is 345 Å². The van der Waals surface area contributed by atoms with E-state index >= 15 is 0 Å². The predicted molar refractivity (Wildman–Crippen MR) is 451 cm³/mol. The summed E-state index contributed by atoms with van der Waals surface area (Å²) < 4.78 is 73.7. The largest absolute Gasteiger partial charge is 0.487 e. The Morgan fingerprint density at radius 3 is 0.975 bits per heavy atom. The number of aryl methyl sites for hydroxylation is 9.